The SMILES string of the molecule is CCOc1ccccc1NC(=O)N1CC[C@@]2(C1)C(=O)Nc1ccc(OC)cc12. The predicted octanol–water partition coefficient (Wildman–Crippen LogP) is 3.22. The van der Waals surface area contributed by atoms with Crippen LogP contribution in [0, 0.1) is 0 Å². The van der Waals surface area contributed by atoms with Gasteiger partial charge in [-0.3, -0.25) is 4.79 Å². The fraction of sp³-hybridized carbons (Fsp3) is 0.333. The smallest absolute Gasteiger partial charge is 0.321 e. The van der Waals surface area contributed by atoms with Gasteiger partial charge in [0.25, 0.3) is 0 Å². The number of nitrogens with one attached hydrogen (secondary N) is 2. The quantitative estimate of drug-likeness (QED) is 0.852. The van der Waals surface area contributed by atoms with E-state index in [0.29, 0.717) is 43.3 Å². The standard InChI is InChI=1S/C21H23N3O4/c1-3-28-18-7-5-4-6-17(18)23-20(26)24-11-10-21(13-24)15-12-14(27-2)8-9-16(15)22-19(21)25/h4-9,12H,3,10-11,13H2,1-2H3,(H,22,25)(H,23,26)/t21-/m0/s1. The molecule has 2 aromatic rings. The van der Waals surface area contributed by atoms with E-state index >= 15 is 0 Å². The summed E-state index contributed by atoms with van der Waals surface area (Å²) in [7, 11) is 1.60. The van der Waals surface area contributed by atoms with E-state index in [0.717, 1.165) is 11.3 Å². The molecule has 2 aromatic carbocycles. The van der Waals surface area contributed by atoms with E-state index in [1.807, 2.05) is 43.3 Å². The average Bonchev–Trinajstić information content (AvgIpc) is 3.27. The minimum absolute atomic E-state index is 0.0687. The van der Waals surface area contributed by atoms with Crippen molar-refractivity contribution < 1.29 is 19.1 Å². The highest BCUT2D eigenvalue weighted by atomic mass is 16.5. The Hall–Kier alpha value is -3.22. The lowest BCUT2D eigenvalue weighted by molar-refractivity contribution is -0.120. The first-order chi connectivity index (χ1) is 13.6. The Bertz CT molecular complexity index is 930. The number of carbonyl (C=O) groups is 2. The number of likely N-dealkylation sites (tertiary alicyclic amines) is 1. The molecule has 0 unspecified atom stereocenters. The average molecular weight is 381 g/mol. The van der Waals surface area contributed by atoms with Gasteiger partial charge >= 0.3 is 6.03 Å². The molecular weight excluding hydrogens is 358 g/mol. The zero-order valence-electron chi connectivity index (χ0n) is 16.0. The zero-order valence-corrected chi connectivity index (χ0v) is 16.0. The Balaban J connectivity index is 1.55. The summed E-state index contributed by atoms with van der Waals surface area (Å²) >= 11 is 0. The molecule has 2 heterocycles. The van der Waals surface area contributed by atoms with Gasteiger partial charge in [-0.05, 0) is 49.2 Å². The first-order valence-electron chi connectivity index (χ1n) is 9.35. The van der Waals surface area contributed by atoms with E-state index in [2.05, 4.69) is 10.6 Å². The van der Waals surface area contributed by atoms with Gasteiger partial charge in [-0.1, -0.05) is 12.1 Å². The highest BCUT2D eigenvalue weighted by Gasteiger charge is 2.52. The molecule has 7 nitrogen and oxygen atoms in total. The summed E-state index contributed by atoms with van der Waals surface area (Å²) in [5.74, 6) is 1.25. The highest BCUT2D eigenvalue weighted by Crippen LogP contribution is 2.45. The molecule has 0 radical (unpaired) electrons. The van der Waals surface area contributed by atoms with Crippen LogP contribution in [-0.4, -0.2) is 43.6 Å². The first-order valence-corrected chi connectivity index (χ1v) is 9.35. The molecule has 0 bridgehead atoms. The number of ether oxygens (including phenoxy) is 2. The zero-order chi connectivity index (χ0) is 19.7. The van der Waals surface area contributed by atoms with Gasteiger partial charge in [0, 0.05) is 18.8 Å². The predicted molar refractivity (Wildman–Crippen MR) is 106 cm³/mol. The number of hydrogen-bond acceptors (Lipinski definition) is 4. The molecular formula is C21H23N3O4. The summed E-state index contributed by atoms with van der Waals surface area (Å²) in [5, 5.41) is 5.85. The number of benzene rings is 2. The van der Waals surface area contributed by atoms with Crippen molar-refractivity contribution in [2.45, 2.75) is 18.8 Å². The number of anilines is 2. The van der Waals surface area contributed by atoms with Gasteiger partial charge in [0.05, 0.1) is 24.8 Å². The second-order valence-corrected chi connectivity index (χ2v) is 6.98. The molecule has 28 heavy (non-hydrogen) atoms. The molecule has 2 aliphatic heterocycles. The lowest BCUT2D eigenvalue weighted by Gasteiger charge is -2.23. The largest absolute Gasteiger partial charge is 0.497 e. The van der Waals surface area contributed by atoms with E-state index in [-0.39, 0.29) is 11.9 Å². The molecule has 3 amide bonds. The van der Waals surface area contributed by atoms with Crippen LogP contribution in [0.15, 0.2) is 42.5 Å². The second kappa shape index (κ2) is 7.07. The number of urea groups is 1. The maximum Gasteiger partial charge on any atom is 0.321 e. The van der Waals surface area contributed by atoms with E-state index in [1.165, 1.54) is 0 Å². The molecule has 7 heteroatoms. The van der Waals surface area contributed by atoms with Crippen LogP contribution in [0.4, 0.5) is 16.2 Å². The Morgan fingerprint density at radius 2 is 2.11 bits per heavy atom. The third-order valence-corrected chi connectivity index (χ3v) is 5.41. The Morgan fingerprint density at radius 3 is 2.89 bits per heavy atom. The fourth-order valence-electron chi connectivity index (χ4n) is 3.95. The summed E-state index contributed by atoms with van der Waals surface area (Å²) in [6, 6.07) is 12.6. The fourth-order valence-corrected chi connectivity index (χ4v) is 3.95. The van der Waals surface area contributed by atoms with Gasteiger partial charge in [0.1, 0.15) is 11.5 Å². The lowest BCUT2D eigenvalue weighted by Crippen LogP contribution is -2.40. The van der Waals surface area contributed by atoms with Gasteiger partial charge in [0.2, 0.25) is 5.91 Å². The minimum atomic E-state index is -0.735. The van der Waals surface area contributed by atoms with E-state index in [1.54, 1.807) is 18.1 Å². The number of hydrogen-bond donors (Lipinski definition) is 2. The minimum Gasteiger partial charge on any atom is -0.497 e. The number of carbonyl (C=O) groups excluding carboxylic acids is 2. The van der Waals surface area contributed by atoms with Gasteiger partial charge in [0.15, 0.2) is 0 Å². The highest BCUT2D eigenvalue weighted by molar-refractivity contribution is 6.07. The van der Waals surface area contributed by atoms with Crippen LogP contribution in [0.2, 0.25) is 0 Å². The van der Waals surface area contributed by atoms with Crippen LogP contribution in [0.1, 0.15) is 18.9 Å². The maximum atomic E-state index is 12.9. The number of para-hydroxylation sites is 2. The number of rotatable bonds is 4. The summed E-state index contributed by atoms with van der Waals surface area (Å²) in [5.41, 5.74) is 1.56. The van der Waals surface area contributed by atoms with Crippen LogP contribution in [0.3, 0.4) is 0 Å². The summed E-state index contributed by atoms with van der Waals surface area (Å²) < 4.78 is 10.9. The topological polar surface area (TPSA) is 79.9 Å². The summed E-state index contributed by atoms with van der Waals surface area (Å²) in [4.78, 5) is 27.3. The molecule has 1 fully saturated rings. The number of fused-ring (bicyclic) bond motifs is 2. The van der Waals surface area contributed by atoms with Crippen LogP contribution in [-0.2, 0) is 10.2 Å². The molecule has 0 aromatic heterocycles. The van der Waals surface area contributed by atoms with Crippen molar-refractivity contribution in [3.05, 3.63) is 48.0 Å². The maximum absolute atomic E-state index is 12.9. The van der Waals surface area contributed by atoms with E-state index < -0.39 is 5.41 Å². The van der Waals surface area contributed by atoms with Gasteiger partial charge in [-0.15, -0.1) is 0 Å². The van der Waals surface area contributed by atoms with Crippen molar-refractivity contribution in [3.63, 3.8) is 0 Å². The van der Waals surface area contributed by atoms with Crippen LogP contribution in [0.25, 0.3) is 0 Å². The molecule has 146 valence electrons. The van der Waals surface area contributed by atoms with Crippen molar-refractivity contribution in [2.75, 3.05) is 37.4 Å². The molecule has 2 N–H and O–H groups in total. The van der Waals surface area contributed by atoms with Gasteiger partial charge < -0.3 is 25.0 Å². The van der Waals surface area contributed by atoms with E-state index in [9.17, 15) is 9.59 Å². The van der Waals surface area contributed by atoms with Crippen LogP contribution < -0.4 is 20.1 Å². The number of nitrogens with zero attached hydrogens (tertiary/aromatic N) is 1. The lowest BCUT2D eigenvalue weighted by atomic mass is 9.81. The molecule has 0 saturated carbocycles. The van der Waals surface area contributed by atoms with Crippen LogP contribution in [0.5, 0.6) is 11.5 Å². The molecule has 1 atom stereocenters. The monoisotopic (exact) mass is 381 g/mol. The van der Waals surface area contributed by atoms with Crippen molar-refractivity contribution in [2.24, 2.45) is 0 Å². The molecule has 1 spiro atoms. The molecule has 2 aliphatic rings. The third-order valence-electron chi connectivity index (χ3n) is 5.41. The Morgan fingerprint density at radius 1 is 1.29 bits per heavy atom. The van der Waals surface area contributed by atoms with Crippen LogP contribution >= 0.6 is 0 Å². The molecule has 0 aliphatic carbocycles. The van der Waals surface area contributed by atoms with Crippen molar-refractivity contribution >= 4 is 23.3 Å². The number of amides is 3. The van der Waals surface area contributed by atoms with E-state index in [4.69, 9.17) is 9.47 Å². The Labute approximate surface area is 163 Å². The Kier molecular flexibility index (Phi) is 4.58. The van der Waals surface area contributed by atoms with Crippen molar-refractivity contribution in [3.8, 4) is 11.5 Å². The normalized spacial score (nSPS) is 20.1. The summed E-state index contributed by atoms with van der Waals surface area (Å²) in [6.45, 7) is 3.22. The molecule has 4 rings (SSSR count). The molecule has 1 saturated heterocycles. The third kappa shape index (κ3) is 2.93. The number of methoxy groups -OCH3 is 1. The first kappa shape index (κ1) is 18.2. The van der Waals surface area contributed by atoms with Crippen molar-refractivity contribution in [1.82, 2.24) is 4.90 Å². The second-order valence-electron chi connectivity index (χ2n) is 6.98. The van der Waals surface area contributed by atoms with Crippen molar-refractivity contribution in [1.29, 1.82) is 0 Å². The van der Waals surface area contributed by atoms with Gasteiger partial charge in [-0.2, -0.15) is 0 Å². The van der Waals surface area contributed by atoms with Gasteiger partial charge in [-0.25, -0.2) is 4.79 Å². The summed E-state index contributed by atoms with van der Waals surface area (Å²) in [6.07, 6.45) is 0.569.